The number of anilines is 1. The average Bonchev–Trinajstić information content (AvgIpc) is 2.66. The predicted molar refractivity (Wildman–Crippen MR) is 76.2 cm³/mol. The van der Waals surface area contributed by atoms with Crippen LogP contribution in [0.5, 0.6) is 0 Å². The molecule has 1 aliphatic heterocycles. The minimum absolute atomic E-state index is 0.0566. The van der Waals surface area contributed by atoms with Crippen molar-refractivity contribution in [3.63, 3.8) is 0 Å². The first-order chi connectivity index (χ1) is 9.49. The smallest absolute Gasteiger partial charge is 0.255 e. The number of carbonyl (C=O) groups is 2. The first-order valence-corrected chi connectivity index (χ1v) is 6.76. The highest BCUT2D eigenvalue weighted by Crippen LogP contribution is 2.14. The summed E-state index contributed by atoms with van der Waals surface area (Å²) in [4.78, 5) is 31.6. The third-order valence-corrected chi connectivity index (χ3v) is 3.57. The Morgan fingerprint density at radius 2 is 1.85 bits per heavy atom. The number of pyridine rings is 1. The third-order valence-electron chi connectivity index (χ3n) is 3.57. The molecule has 1 aliphatic rings. The van der Waals surface area contributed by atoms with Gasteiger partial charge in [0.05, 0.1) is 23.1 Å². The van der Waals surface area contributed by atoms with Crippen molar-refractivity contribution in [1.29, 1.82) is 0 Å². The van der Waals surface area contributed by atoms with Crippen LogP contribution < -0.4 is 5.73 Å². The second-order valence-corrected chi connectivity index (χ2v) is 5.05. The highest BCUT2D eigenvalue weighted by Gasteiger charge is 2.22. The van der Waals surface area contributed by atoms with Gasteiger partial charge >= 0.3 is 0 Å². The minimum atomic E-state index is -0.0623. The topological polar surface area (TPSA) is 79.5 Å². The van der Waals surface area contributed by atoms with Gasteiger partial charge in [-0.25, -0.2) is 0 Å². The summed E-state index contributed by atoms with van der Waals surface area (Å²) in [5.74, 6) is -0.00574. The molecule has 1 saturated heterocycles. The number of hydrogen-bond donors (Lipinski definition) is 1. The molecule has 0 saturated carbocycles. The van der Waals surface area contributed by atoms with E-state index in [0.717, 1.165) is 6.42 Å². The fraction of sp³-hybridized carbons (Fsp3) is 0.500. The molecule has 20 heavy (non-hydrogen) atoms. The number of nitrogens with zero attached hydrogens (tertiary/aromatic N) is 3. The van der Waals surface area contributed by atoms with Crippen LogP contribution in [-0.2, 0) is 4.79 Å². The van der Waals surface area contributed by atoms with Crippen LogP contribution in [0.25, 0.3) is 0 Å². The zero-order chi connectivity index (χ0) is 14.7. The van der Waals surface area contributed by atoms with Gasteiger partial charge in [-0.05, 0) is 19.4 Å². The molecule has 0 aromatic carbocycles. The molecule has 0 radical (unpaired) electrons. The molecule has 0 spiro atoms. The summed E-state index contributed by atoms with van der Waals surface area (Å²) >= 11 is 0. The molecule has 2 heterocycles. The van der Waals surface area contributed by atoms with Crippen LogP contribution in [0.3, 0.4) is 0 Å². The fourth-order valence-electron chi connectivity index (χ4n) is 2.37. The maximum Gasteiger partial charge on any atom is 0.255 e. The molecule has 0 unspecified atom stereocenters. The summed E-state index contributed by atoms with van der Waals surface area (Å²) in [6.07, 6.45) is 2.34. The molecular formula is C14H20N4O2. The number of aryl methyl sites for hydroxylation is 1. The Hall–Kier alpha value is -2.11. The van der Waals surface area contributed by atoms with Crippen molar-refractivity contribution in [2.24, 2.45) is 0 Å². The number of carbonyl (C=O) groups excluding carboxylic acids is 2. The van der Waals surface area contributed by atoms with Crippen molar-refractivity contribution in [3.8, 4) is 0 Å². The van der Waals surface area contributed by atoms with Gasteiger partial charge < -0.3 is 15.5 Å². The first-order valence-electron chi connectivity index (χ1n) is 6.76. The Balaban J connectivity index is 2.13. The maximum atomic E-state index is 12.5. The Morgan fingerprint density at radius 3 is 2.55 bits per heavy atom. The van der Waals surface area contributed by atoms with Crippen molar-refractivity contribution < 1.29 is 9.59 Å². The number of rotatable bonds is 1. The largest absolute Gasteiger partial charge is 0.397 e. The summed E-state index contributed by atoms with van der Waals surface area (Å²) in [6.45, 7) is 5.84. The van der Waals surface area contributed by atoms with Crippen LogP contribution >= 0.6 is 0 Å². The molecule has 2 N–H and O–H groups in total. The van der Waals surface area contributed by atoms with Gasteiger partial charge in [-0.3, -0.25) is 14.6 Å². The van der Waals surface area contributed by atoms with E-state index in [-0.39, 0.29) is 11.8 Å². The molecule has 1 aromatic heterocycles. The summed E-state index contributed by atoms with van der Waals surface area (Å²) in [7, 11) is 0. The lowest BCUT2D eigenvalue weighted by atomic mass is 10.1. The van der Waals surface area contributed by atoms with Gasteiger partial charge in [0.25, 0.3) is 5.91 Å². The van der Waals surface area contributed by atoms with E-state index in [4.69, 9.17) is 5.73 Å². The zero-order valence-electron chi connectivity index (χ0n) is 11.9. The Bertz CT molecular complexity index is 530. The van der Waals surface area contributed by atoms with Crippen molar-refractivity contribution in [2.75, 3.05) is 31.9 Å². The SMILES string of the molecule is CC(=O)N1CCCN(C(=O)c2cc(N)cnc2C)CC1. The Morgan fingerprint density at radius 1 is 1.20 bits per heavy atom. The van der Waals surface area contributed by atoms with Crippen LogP contribution in [0.15, 0.2) is 12.3 Å². The Kier molecular flexibility index (Phi) is 4.22. The second-order valence-electron chi connectivity index (χ2n) is 5.05. The van der Waals surface area contributed by atoms with Crippen LogP contribution in [-0.4, -0.2) is 52.8 Å². The molecular weight excluding hydrogens is 256 g/mol. The van der Waals surface area contributed by atoms with E-state index in [0.29, 0.717) is 43.1 Å². The van der Waals surface area contributed by atoms with E-state index in [1.54, 1.807) is 35.9 Å². The number of amides is 2. The van der Waals surface area contributed by atoms with E-state index in [1.165, 1.54) is 0 Å². The van der Waals surface area contributed by atoms with E-state index in [2.05, 4.69) is 4.98 Å². The van der Waals surface area contributed by atoms with E-state index in [1.807, 2.05) is 0 Å². The normalized spacial score (nSPS) is 15.9. The lowest BCUT2D eigenvalue weighted by Gasteiger charge is -2.22. The van der Waals surface area contributed by atoms with E-state index >= 15 is 0 Å². The predicted octanol–water partition coefficient (Wildman–Crippen LogP) is 0.667. The van der Waals surface area contributed by atoms with Crippen molar-refractivity contribution in [3.05, 3.63) is 23.5 Å². The number of nitrogens with two attached hydrogens (primary N) is 1. The summed E-state index contributed by atoms with van der Waals surface area (Å²) in [5.41, 5.74) is 7.41. The molecule has 2 amide bonds. The average molecular weight is 276 g/mol. The number of aromatic nitrogens is 1. The minimum Gasteiger partial charge on any atom is -0.397 e. The summed E-state index contributed by atoms with van der Waals surface area (Å²) < 4.78 is 0. The number of hydrogen-bond acceptors (Lipinski definition) is 4. The van der Waals surface area contributed by atoms with Crippen LogP contribution in [0.4, 0.5) is 5.69 Å². The van der Waals surface area contributed by atoms with Gasteiger partial charge in [0.1, 0.15) is 0 Å². The summed E-state index contributed by atoms with van der Waals surface area (Å²) in [6, 6.07) is 1.66. The monoisotopic (exact) mass is 276 g/mol. The van der Waals surface area contributed by atoms with Crippen LogP contribution in [0, 0.1) is 6.92 Å². The quantitative estimate of drug-likeness (QED) is 0.817. The molecule has 108 valence electrons. The van der Waals surface area contributed by atoms with Gasteiger partial charge in [-0.1, -0.05) is 0 Å². The first kappa shape index (κ1) is 14.3. The molecule has 6 heteroatoms. The highest BCUT2D eigenvalue weighted by atomic mass is 16.2. The van der Waals surface area contributed by atoms with Crippen LogP contribution in [0.2, 0.25) is 0 Å². The van der Waals surface area contributed by atoms with Gasteiger partial charge in [-0.2, -0.15) is 0 Å². The van der Waals surface area contributed by atoms with E-state index in [9.17, 15) is 9.59 Å². The zero-order valence-corrected chi connectivity index (χ0v) is 11.9. The number of nitrogen functional groups attached to an aromatic ring is 1. The van der Waals surface area contributed by atoms with Crippen molar-refractivity contribution >= 4 is 17.5 Å². The summed E-state index contributed by atoms with van der Waals surface area (Å²) in [5, 5.41) is 0. The fourth-order valence-corrected chi connectivity index (χ4v) is 2.37. The Labute approximate surface area is 118 Å². The lowest BCUT2D eigenvalue weighted by Crippen LogP contribution is -2.36. The van der Waals surface area contributed by atoms with Gasteiger partial charge in [0.15, 0.2) is 0 Å². The highest BCUT2D eigenvalue weighted by molar-refractivity contribution is 5.96. The van der Waals surface area contributed by atoms with Gasteiger partial charge in [-0.15, -0.1) is 0 Å². The second kappa shape index (κ2) is 5.90. The van der Waals surface area contributed by atoms with Crippen molar-refractivity contribution in [2.45, 2.75) is 20.3 Å². The molecule has 6 nitrogen and oxygen atoms in total. The van der Waals surface area contributed by atoms with Gasteiger partial charge in [0, 0.05) is 33.1 Å². The van der Waals surface area contributed by atoms with Gasteiger partial charge in [0.2, 0.25) is 5.91 Å². The molecule has 1 aromatic rings. The maximum absolute atomic E-state index is 12.5. The standard InChI is InChI=1S/C14H20N4O2/c1-10-13(8-12(15)9-16-10)14(20)18-5-3-4-17(6-7-18)11(2)19/h8-9H,3-7,15H2,1-2H3. The van der Waals surface area contributed by atoms with Crippen molar-refractivity contribution in [1.82, 2.24) is 14.8 Å². The molecule has 0 atom stereocenters. The molecule has 1 fully saturated rings. The molecule has 0 aliphatic carbocycles. The molecule has 2 rings (SSSR count). The lowest BCUT2D eigenvalue weighted by molar-refractivity contribution is -0.128. The van der Waals surface area contributed by atoms with E-state index < -0.39 is 0 Å². The molecule has 0 bridgehead atoms. The third kappa shape index (κ3) is 3.07. The van der Waals surface area contributed by atoms with Crippen LogP contribution in [0.1, 0.15) is 29.4 Å².